The minimum Gasteiger partial charge on any atom is -0.679 e. The van der Waals surface area contributed by atoms with E-state index < -0.39 is 0 Å². The summed E-state index contributed by atoms with van der Waals surface area (Å²) in [5.74, 6) is 0. The molecule has 0 aromatic heterocycles. The summed E-state index contributed by atoms with van der Waals surface area (Å²) in [5, 5.41) is 25.9. The first-order valence-electron chi connectivity index (χ1n) is 3.53. The first-order chi connectivity index (χ1) is 8.07. The van der Waals surface area contributed by atoms with Crippen molar-refractivity contribution in [3.63, 3.8) is 0 Å². The number of nitrogens with one attached hydrogen (secondary N) is 4. The molecule has 5 N–H and O–H groups in total. The van der Waals surface area contributed by atoms with Crippen LogP contribution in [0.5, 0.6) is 0 Å². The molecule has 0 amide bonds. The zero-order valence-electron chi connectivity index (χ0n) is 8.99. The van der Waals surface area contributed by atoms with E-state index in [1.54, 1.807) is 0 Å². The van der Waals surface area contributed by atoms with Gasteiger partial charge in [-0.3, -0.25) is 0 Å². The van der Waals surface area contributed by atoms with Gasteiger partial charge in [0.2, 0.25) is 0 Å². The zero-order valence-corrected chi connectivity index (χ0v) is 10.0. The quantitative estimate of drug-likeness (QED) is 0.591. The molecule has 0 aromatic carbocycles. The van der Waals surface area contributed by atoms with Crippen molar-refractivity contribution in [2.45, 2.75) is 0 Å². The maximum atomic E-state index is 8.11. The first-order valence-corrected chi connectivity index (χ1v) is 3.53. The maximum absolute atomic E-state index is 8.11. The molecule has 0 saturated heterocycles. The van der Waals surface area contributed by atoms with Gasteiger partial charge in [-0.15, -0.1) is 15.6 Å². The van der Waals surface area contributed by atoms with Crippen LogP contribution in [-0.4, -0.2) is 31.4 Å². The van der Waals surface area contributed by atoms with Crippen LogP contribution >= 0.6 is 0 Å². The molecule has 13 nitrogen and oxygen atoms in total. The standard InChI is InChI=1S/2C2H6N2.Co.3HNO2/c2*3-1-2-4;;3*2-1-3/h2*3-4H,1-2H2;;3*(H,2,3)/q2*-2;+3;;;/p-2. The van der Waals surface area contributed by atoms with Gasteiger partial charge >= 0.3 is 16.8 Å². The number of hydrogen-bond donors (Lipinski definition) is 1. The molecule has 0 unspecified atom stereocenters. The van der Waals surface area contributed by atoms with Crippen LogP contribution in [0.1, 0.15) is 0 Å². The number of nitrogens with zero attached hydrogens (tertiary/aromatic N) is 3. The Morgan fingerprint density at radius 2 is 0.833 bits per heavy atom. The Labute approximate surface area is 113 Å². The van der Waals surface area contributed by atoms with Gasteiger partial charge in [0.1, 0.15) is 0 Å². The minimum atomic E-state index is 0. The smallest absolute Gasteiger partial charge is 0.679 e. The Bertz CT molecular complexity index is 99.8. The van der Waals surface area contributed by atoms with Crippen molar-refractivity contribution < 1.29 is 22.0 Å². The van der Waals surface area contributed by atoms with Crippen molar-refractivity contribution in [3.8, 4) is 0 Å². The molecule has 0 atom stereocenters. The van der Waals surface area contributed by atoms with E-state index in [0.717, 1.165) is 10.7 Å². The fourth-order valence-electron chi connectivity index (χ4n) is 0. The van der Waals surface area contributed by atoms with Crippen LogP contribution in [0.2, 0.25) is 0 Å². The van der Waals surface area contributed by atoms with E-state index in [-0.39, 0.29) is 43.0 Å². The summed E-state index contributed by atoms with van der Waals surface area (Å²) in [7, 11) is 0. The molecule has 0 heterocycles. The van der Waals surface area contributed by atoms with Crippen LogP contribution < -0.4 is 0 Å². The molecule has 0 radical (unpaired) electrons. The van der Waals surface area contributed by atoms with E-state index in [1.165, 1.54) is 5.34 Å². The van der Waals surface area contributed by atoms with Crippen LogP contribution in [0.4, 0.5) is 0 Å². The van der Waals surface area contributed by atoms with Crippen molar-refractivity contribution in [3.05, 3.63) is 48.1 Å². The Hall–Kier alpha value is -1.45. The molecule has 112 valence electrons. The molecule has 0 aliphatic rings. The molecule has 0 rings (SSSR count). The fraction of sp³-hybridized carbons (Fsp3) is 1.00. The molecule has 0 saturated carbocycles. The third-order valence-electron chi connectivity index (χ3n) is 0.250. The van der Waals surface area contributed by atoms with E-state index in [0.29, 0.717) is 0 Å². The predicted octanol–water partition coefficient (Wildman–Crippen LogP) is 2.82. The predicted molar refractivity (Wildman–Crippen MR) is 62.7 cm³/mol. The van der Waals surface area contributed by atoms with Gasteiger partial charge in [-0.1, -0.05) is 0 Å². The summed E-state index contributed by atoms with van der Waals surface area (Å²) in [6.07, 6.45) is 0. The van der Waals surface area contributed by atoms with E-state index in [2.05, 4.69) is 0 Å². The third kappa shape index (κ3) is 8940. The van der Waals surface area contributed by atoms with Crippen LogP contribution in [0.25, 0.3) is 22.9 Å². The summed E-state index contributed by atoms with van der Waals surface area (Å²) in [6.45, 7) is 0.944. The second-order valence-corrected chi connectivity index (χ2v) is 1.23. The molecule has 0 aliphatic carbocycles. The molecule has 0 bridgehead atoms. The van der Waals surface area contributed by atoms with Gasteiger partial charge in [0.15, 0.2) is 5.34 Å². The topological polar surface area (TPSA) is 250 Å². The van der Waals surface area contributed by atoms with Crippen molar-refractivity contribution >= 4 is 0 Å². The second-order valence-electron chi connectivity index (χ2n) is 1.23. The van der Waals surface area contributed by atoms with Gasteiger partial charge in [-0.2, -0.15) is 26.2 Å². The molecular weight excluding hydrogens is 301 g/mol. The monoisotopic (exact) mass is 314 g/mol. The van der Waals surface area contributed by atoms with Crippen LogP contribution in [0.3, 0.4) is 0 Å². The van der Waals surface area contributed by atoms with E-state index >= 15 is 0 Å². The summed E-state index contributed by atoms with van der Waals surface area (Å²) in [5.41, 5.74) is 25.1. The molecule has 18 heavy (non-hydrogen) atoms. The van der Waals surface area contributed by atoms with E-state index in [1.807, 2.05) is 0 Å². The summed E-state index contributed by atoms with van der Waals surface area (Å²) in [6, 6.07) is 0. The molecule has 0 aromatic rings. The van der Waals surface area contributed by atoms with Crippen molar-refractivity contribution in [2.24, 2.45) is 16.0 Å². The fourth-order valence-corrected chi connectivity index (χ4v) is 0. The Morgan fingerprint density at radius 3 is 0.833 bits per heavy atom. The number of rotatable bonds is 2. The van der Waals surface area contributed by atoms with Gasteiger partial charge < -0.3 is 48.4 Å². The van der Waals surface area contributed by atoms with Crippen LogP contribution in [0.15, 0.2) is 16.0 Å². The Morgan fingerprint density at radius 1 is 0.778 bits per heavy atom. The second kappa shape index (κ2) is 107. The molecule has 14 heteroatoms. The van der Waals surface area contributed by atoms with E-state index in [9.17, 15) is 0 Å². The molecule has 0 fully saturated rings. The van der Waals surface area contributed by atoms with Crippen molar-refractivity contribution in [1.82, 2.24) is 0 Å². The van der Waals surface area contributed by atoms with Crippen molar-refractivity contribution in [1.29, 1.82) is 0 Å². The average Bonchev–Trinajstić information content (AvgIpc) is 2.32. The average molecular weight is 314 g/mol. The van der Waals surface area contributed by atoms with Crippen LogP contribution in [0, 0.1) is 25.1 Å². The maximum Gasteiger partial charge on any atom is 3.00 e. The van der Waals surface area contributed by atoms with E-state index in [4.69, 9.17) is 53.3 Å². The van der Waals surface area contributed by atoms with Gasteiger partial charge in [0.05, 0.1) is 0 Å². The summed E-state index contributed by atoms with van der Waals surface area (Å²) >= 11 is 0. The van der Waals surface area contributed by atoms with Gasteiger partial charge in [0.25, 0.3) is 0 Å². The number of hydrogen-bond acceptors (Lipinski definition) is 8. The SMILES string of the molecule is O=NO.O=N[O-].O=N[O-].[Co+3].[NH-]CC[NH-].[NH-]CC[NH-]. The summed E-state index contributed by atoms with van der Waals surface area (Å²) in [4.78, 5) is 24.1. The van der Waals surface area contributed by atoms with Gasteiger partial charge in [-0.05, 0) is 0 Å². The minimum absolute atomic E-state index is 0. The molecule has 0 spiro atoms. The normalized spacial score (nSPS) is 5.33. The first kappa shape index (κ1) is 36.0. The Kier molecular flexibility index (Phi) is 214. The third-order valence-corrected chi connectivity index (χ3v) is 0.250. The van der Waals surface area contributed by atoms with Gasteiger partial charge in [0, 0.05) is 0 Å². The molecular formula is C4H13CoN7O6-3. The largest absolute Gasteiger partial charge is 3.00 e. The summed E-state index contributed by atoms with van der Waals surface area (Å²) < 4.78 is 0. The zero-order chi connectivity index (χ0) is 14.9. The van der Waals surface area contributed by atoms with Crippen LogP contribution in [-0.2, 0) is 16.8 Å². The Balaban J connectivity index is -0.0000000249. The van der Waals surface area contributed by atoms with Crippen molar-refractivity contribution in [2.75, 3.05) is 26.2 Å². The van der Waals surface area contributed by atoms with Gasteiger partial charge in [-0.25, -0.2) is 0 Å². The molecule has 0 aliphatic heterocycles.